The Morgan fingerprint density at radius 3 is 2.68 bits per heavy atom. The van der Waals surface area contributed by atoms with Gasteiger partial charge in [-0.25, -0.2) is 8.78 Å². The Morgan fingerprint density at radius 1 is 1.26 bits per heavy atom. The second-order valence-electron chi connectivity index (χ2n) is 6.08. The van der Waals surface area contributed by atoms with Gasteiger partial charge < -0.3 is 5.11 Å². The number of hydrogen-bond donors (Lipinski definition) is 1. The van der Waals surface area contributed by atoms with E-state index in [4.69, 9.17) is 0 Å². The van der Waals surface area contributed by atoms with E-state index in [1.54, 1.807) is 0 Å². The minimum absolute atomic E-state index is 0.0393. The van der Waals surface area contributed by atoms with Gasteiger partial charge >= 0.3 is 0 Å². The molecule has 0 spiro atoms. The average Bonchev–Trinajstić information content (AvgIpc) is 2.36. The summed E-state index contributed by atoms with van der Waals surface area (Å²) < 4.78 is 26.8. The van der Waals surface area contributed by atoms with Crippen LogP contribution in [0, 0.1) is 29.4 Å². The molecule has 106 valence electrons. The normalized spacial score (nSPS) is 27.8. The van der Waals surface area contributed by atoms with Crippen molar-refractivity contribution < 1.29 is 13.9 Å². The van der Waals surface area contributed by atoms with Crippen LogP contribution in [0.5, 0.6) is 0 Å². The molecule has 0 aromatic heterocycles. The summed E-state index contributed by atoms with van der Waals surface area (Å²) in [5, 5.41) is 10.1. The molecule has 1 fully saturated rings. The van der Waals surface area contributed by atoms with E-state index in [9.17, 15) is 13.9 Å². The van der Waals surface area contributed by atoms with Crippen LogP contribution in [0.4, 0.5) is 8.78 Å². The third-order valence-corrected chi connectivity index (χ3v) is 4.42. The van der Waals surface area contributed by atoms with Gasteiger partial charge in [0.1, 0.15) is 11.6 Å². The second kappa shape index (κ2) is 6.00. The van der Waals surface area contributed by atoms with Gasteiger partial charge in [-0.1, -0.05) is 13.8 Å². The molecule has 3 heteroatoms. The lowest BCUT2D eigenvalue weighted by atomic mass is 9.73. The van der Waals surface area contributed by atoms with Crippen molar-refractivity contribution in [3.8, 4) is 0 Å². The fourth-order valence-electron chi connectivity index (χ4n) is 3.09. The van der Waals surface area contributed by atoms with E-state index in [0.717, 1.165) is 25.3 Å². The smallest absolute Gasteiger partial charge is 0.126 e. The van der Waals surface area contributed by atoms with Gasteiger partial charge in [0.05, 0.1) is 6.10 Å². The SMILES string of the molecule is CC(C)C1CCC(O)C(Cc2cc(F)ccc2F)C1. The van der Waals surface area contributed by atoms with Gasteiger partial charge in [-0.05, 0) is 67.2 Å². The van der Waals surface area contributed by atoms with Crippen molar-refractivity contribution in [1.82, 2.24) is 0 Å². The van der Waals surface area contributed by atoms with Crippen LogP contribution in [0.3, 0.4) is 0 Å². The molecule has 1 aromatic carbocycles. The van der Waals surface area contributed by atoms with Crippen molar-refractivity contribution in [2.45, 2.75) is 45.6 Å². The lowest BCUT2D eigenvalue weighted by Crippen LogP contribution is -2.32. The Bertz CT molecular complexity index is 431. The van der Waals surface area contributed by atoms with E-state index in [2.05, 4.69) is 13.8 Å². The Morgan fingerprint density at radius 2 is 2.00 bits per heavy atom. The number of aliphatic hydroxyl groups is 1. The third-order valence-electron chi connectivity index (χ3n) is 4.42. The molecule has 0 bridgehead atoms. The highest BCUT2D eigenvalue weighted by molar-refractivity contribution is 5.19. The molecule has 2 rings (SSSR count). The summed E-state index contributed by atoms with van der Waals surface area (Å²) in [4.78, 5) is 0. The van der Waals surface area contributed by atoms with Crippen LogP contribution in [0.15, 0.2) is 18.2 Å². The Balaban J connectivity index is 2.09. The van der Waals surface area contributed by atoms with Gasteiger partial charge in [-0.15, -0.1) is 0 Å². The quantitative estimate of drug-likeness (QED) is 0.880. The standard InChI is InChI=1S/C16H22F2O/c1-10(2)11-3-6-16(19)13(7-11)8-12-9-14(17)4-5-15(12)18/h4-5,9-11,13,16,19H,3,6-8H2,1-2H3. The second-order valence-corrected chi connectivity index (χ2v) is 6.08. The first-order chi connectivity index (χ1) is 8.97. The Labute approximate surface area is 113 Å². The van der Waals surface area contributed by atoms with E-state index >= 15 is 0 Å². The van der Waals surface area contributed by atoms with Crippen LogP contribution in [-0.4, -0.2) is 11.2 Å². The van der Waals surface area contributed by atoms with Gasteiger partial charge in [-0.2, -0.15) is 0 Å². The molecule has 0 radical (unpaired) electrons. The van der Waals surface area contributed by atoms with Crippen LogP contribution in [0.1, 0.15) is 38.7 Å². The van der Waals surface area contributed by atoms with Gasteiger partial charge in [-0.3, -0.25) is 0 Å². The number of benzene rings is 1. The fraction of sp³-hybridized carbons (Fsp3) is 0.625. The summed E-state index contributed by atoms with van der Waals surface area (Å²) >= 11 is 0. The summed E-state index contributed by atoms with van der Waals surface area (Å²) in [6, 6.07) is 3.55. The van der Waals surface area contributed by atoms with Gasteiger partial charge in [0.15, 0.2) is 0 Å². The minimum Gasteiger partial charge on any atom is -0.393 e. The largest absolute Gasteiger partial charge is 0.393 e. The molecule has 1 saturated carbocycles. The van der Waals surface area contributed by atoms with Crippen molar-refractivity contribution in [2.24, 2.45) is 17.8 Å². The molecule has 0 heterocycles. The first-order valence-corrected chi connectivity index (χ1v) is 7.09. The summed E-state index contributed by atoms with van der Waals surface area (Å²) in [6.45, 7) is 4.37. The lowest BCUT2D eigenvalue weighted by molar-refractivity contribution is 0.0375. The maximum atomic E-state index is 13.7. The third kappa shape index (κ3) is 3.53. The first-order valence-electron chi connectivity index (χ1n) is 7.09. The van der Waals surface area contributed by atoms with Crippen molar-refractivity contribution in [3.05, 3.63) is 35.4 Å². The van der Waals surface area contributed by atoms with E-state index in [1.807, 2.05) is 0 Å². The molecular weight excluding hydrogens is 246 g/mol. The van der Waals surface area contributed by atoms with Crippen LogP contribution < -0.4 is 0 Å². The highest BCUT2D eigenvalue weighted by atomic mass is 19.1. The first kappa shape index (κ1) is 14.4. The molecule has 0 amide bonds. The van der Waals surface area contributed by atoms with Gasteiger partial charge in [0.25, 0.3) is 0 Å². The summed E-state index contributed by atoms with van der Waals surface area (Å²) in [7, 11) is 0. The van der Waals surface area contributed by atoms with E-state index in [0.29, 0.717) is 23.8 Å². The monoisotopic (exact) mass is 268 g/mol. The van der Waals surface area contributed by atoms with Crippen LogP contribution in [-0.2, 0) is 6.42 Å². The maximum Gasteiger partial charge on any atom is 0.126 e. The molecule has 0 aliphatic heterocycles. The average molecular weight is 268 g/mol. The van der Waals surface area contributed by atoms with Crippen molar-refractivity contribution >= 4 is 0 Å². The molecule has 19 heavy (non-hydrogen) atoms. The molecule has 1 aliphatic rings. The lowest BCUT2D eigenvalue weighted by Gasteiger charge is -2.35. The molecular formula is C16H22F2O. The summed E-state index contributed by atoms with van der Waals surface area (Å²) in [6.07, 6.45) is 2.73. The molecule has 1 N–H and O–H groups in total. The minimum atomic E-state index is -0.415. The number of hydrogen-bond acceptors (Lipinski definition) is 1. The number of rotatable bonds is 3. The van der Waals surface area contributed by atoms with Crippen molar-refractivity contribution in [3.63, 3.8) is 0 Å². The van der Waals surface area contributed by atoms with Crippen molar-refractivity contribution in [1.29, 1.82) is 0 Å². The summed E-state index contributed by atoms with van der Waals surface area (Å²) in [5.41, 5.74) is 0.383. The van der Waals surface area contributed by atoms with Crippen LogP contribution in [0.25, 0.3) is 0 Å². The van der Waals surface area contributed by atoms with Crippen LogP contribution >= 0.6 is 0 Å². The number of halogens is 2. The van der Waals surface area contributed by atoms with Crippen molar-refractivity contribution in [2.75, 3.05) is 0 Å². The highest BCUT2D eigenvalue weighted by Crippen LogP contribution is 2.36. The molecule has 1 aliphatic carbocycles. The zero-order chi connectivity index (χ0) is 14.0. The highest BCUT2D eigenvalue weighted by Gasteiger charge is 2.31. The van der Waals surface area contributed by atoms with E-state index < -0.39 is 11.9 Å². The molecule has 1 nitrogen and oxygen atoms in total. The molecule has 1 aromatic rings. The molecule has 3 unspecified atom stereocenters. The predicted octanol–water partition coefficient (Wildman–Crippen LogP) is 3.94. The van der Waals surface area contributed by atoms with E-state index in [1.165, 1.54) is 12.1 Å². The zero-order valence-corrected chi connectivity index (χ0v) is 11.6. The number of aliphatic hydroxyl groups excluding tert-OH is 1. The topological polar surface area (TPSA) is 20.2 Å². The molecule has 0 saturated heterocycles. The fourth-order valence-corrected chi connectivity index (χ4v) is 3.09. The molecule has 3 atom stereocenters. The maximum absolute atomic E-state index is 13.7. The Hall–Kier alpha value is -0.960. The van der Waals surface area contributed by atoms with Gasteiger partial charge in [0, 0.05) is 0 Å². The zero-order valence-electron chi connectivity index (χ0n) is 11.6. The van der Waals surface area contributed by atoms with E-state index in [-0.39, 0.29) is 11.7 Å². The Kier molecular flexibility index (Phi) is 4.56. The van der Waals surface area contributed by atoms with Gasteiger partial charge in [0.2, 0.25) is 0 Å². The summed E-state index contributed by atoms with van der Waals surface area (Å²) in [5.74, 6) is 0.400. The van der Waals surface area contributed by atoms with Crippen LogP contribution in [0.2, 0.25) is 0 Å². The predicted molar refractivity (Wildman–Crippen MR) is 71.7 cm³/mol.